The second-order valence-corrected chi connectivity index (χ2v) is 9.70. The molecule has 8 heteroatoms. The summed E-state index contributed by atoms with van der Waals surface area (Å²) in [5, 5.41) is 6.66. The van der Waals surface area contributed by atoms with Crippen molar-refractivity contribution in [3.63, 3.8) is 0 Å². The third kappa shape index (κ3) is 3.91. The number of carbonyl (C=O) groups is 1. The Morgan fingerprint density at radius 3 is 2.38 bits per heavy atom. The zero-order valence-electron chi connectivity index (χ0n) is 14.8. The summed E-state index contributed by atoms with van der Waals surface area (Å²) in [6.45, 7) is 5.00. The Kier molecular flexibility index (Phi) is 6.22. The average molecular weight is 400 g/mol. The molecule has 144 valence electrons. The molecule has 3 rings (SSSR count). The van der Waals surface area contributed by atoms with E-state index in [-0.39, 0.29) is 10.8 Å². The maximum atomic E-state index is 13.3. The van der Waals surface area contributed by atoms with Gasteiger partial charge in [0.2, 0.25) is 5.91 Å². The van der Waals surface area contributed by atoms with Crippen LogP contribution in [0.5, 0.6) is 0 Å². The molecule has 6 nitrogen and oxygen atoms in total. The molecule has 2 aliphatic rings. The first-order chi connectivity index (χ1) is 12.5. The van der Waals surface area contributed by atoms with Gasteiger partial charge in [0.1, 0.15) is 0 Å². The van der Waals surface area contributed by atoms with Gasteiger partial charge < -0.3 is 10.6 Å². The van der Waals surface area contributed by atoms with Crippen molar-refractivity contribution in [2.75, 3.05) is 39.3 Å². The molecular formula is C18H26ClN3O3S. The maximum absolute atomic E-state index is 13.3. The summed E-state index contributed by atoms with van der Waals surface area (Å²) >= 11 is 5.88. The highest BCUT2D eigenvalue weighted by Gasteiger charge is 2.52. The van der Waals surface area contributed by atoms with E-state index in [1.165, 1.54) is 12.1 Å². The normalized spacial score (nSPS) is 20.8. The van der Waals surface area contributed by atoms with Gasteiger partial charge in [0.15, 0.2) is 14.6 Å². The number of sulfone groups is 1. The van der Waals surface area contributed by atoms with Gasteiger partial charge >= 0.3 is 0 Å². The Hall–Kier alpha value is -1.15. The van der Waals surface area contributed by atoms with Crippen molar-refractivity contribution >= 4 is 27.3 Å². The molecule has 0 radical (unpaired) electrons. The lowest BCUT2D eigenvalue weighted by molar-refractivity contribution is -0.123. The van der Waals surface area contributed by atoms with Crippen LogP contribution in [0.2, 0.25) is 5.02 Å². The molecule has 2 fully saturated rings. The molecule has 1 aromatic carbocycles. The average Bonchev–Trinajstić information content (AvgIpc) is 3.15. The third-order valence-electron chi connectivity index (χ3n) is 5.39. The first kappa shape index (κ1) is 19.6. The number of rotatable bonds is 6. The van der Waals surface area contributed by atoms with Gasteiger partial charge in [0.05, 0.1) is 4.90 Å². The molecule has 1 amide bonds. The zero-order chi connectivity index (χ0) is 18.6. The lowest BCUT2D eigenvalue weighted by atomic mass is 10.1. The summed E-state index contributed by atoms with van der Waals surface area (Å²) in [4.78, 5) is 15.4. The number of benzene rings is 1. The minimum atomic E-state index is -3.77. The first-order valence-electron chi connectivity index (χ1n) is 9.17. The fourth-order valence-electron chi connectivity index (χ4n) is 3.83. The van der Waals surface area contributed by atoms with Crippen LogP contribution in [0.25, 0.3) is 0 Å². The van der Waals surface area contributed by atoms with Crippen molar-refractivity contribution in [2.45, 2.75) is 35.3 Å². The van der Waals surface area contributed by atoms with E-state index < -0.39 is 14.6 Å². The quantitative estimate of drug-likeness (QED) is 0.756. The number of amides is 1. The van der Waals surface area contributed by atoms with E-state index in [9.17, 15) is 13.2 Å². The summed E-state index contributed by atoms with van der Waals surface area (Å²) in [6.07, 6.45) is 2.24. The molecule has 1 saturated carbocycles. The molecule has 1 heterocycles. The molecule has 1 saturated heterocycles. The minimum absolute atomic E-state index is 0.168. The van der Waals surface area contributed by atoms with Crippen molar-refractivity contribution < 1.29 is 13.2 Å². The molecule has 26 heavy (non-hydrogen) atoms. The van der Waals surface area contributed by atoms with E-state index in [0.717, 1.165) is 45.6 Å². The monoisotopic (exact) mass is 399 g/mol. The van der Waals surface area contributed by atoms with Crippen molar-refractivity contribution in [2.24, 2.45) is 0 Å². The Balaban J connectivity index is 1.72. The number of carbonyl (C=O) groups excluding carboxylic acids is 1. The smallest absolute Gasteiger partial charge is 0.241 e. The van der Waals surface area contributed by atoms with Gasteiger partial charge in [-0.2, -0.15) is 0 Å². The summed E-state index contributed by atoms with van der Waals surface area (Å²) in [5.74, 6) is -0.361. The van der Waals surface area contributed by atoms with E-state index in [1.54, 1.807) is 12.1 Å². The first-order valence-corrected chi connectivity index (χ1v) is 11.0. The Bertz CT molecular complexity index is 725. The van der Waals surface area contributed by atoms with E-state index in [1.807, 2.05) is 0 Å². The fourth-order valence-corrected chi connectivity index (χ4v) is 6.04. The Labute approximate surface area is 160 Å². The highest BCUT2D eigenvalue weighted by atomic mass is 35.5. The Morgan fingerprint density at radius 1 is 1.15 bits per heavy atom. The fraction of sp³-hybridized carbons (Fsp3) is 0.611. The Morgan fingerprint density at radius 2 is 1.77 bits per heavy atom. The largest absolute Gasteiger partial charge is 0.353 e. The van der Waals surface area contributed by atoms with Gasteiger partial charge in [0.25, 0.3) is 0 Å². The molecule has 1 aliphatic carbocycles. The second-order valence-electron chi connectivity index (χ2n) is 7.01. The van der Waals surface area contributed by atoms with Gasteiger partial charge in [0, 0.05) is 44.3 Å². The van der Waals surface area contributed by atoms with Crippen molar-refractivity contribution in [3.8, 4) is 0 Å². The highest BCUT2D eigenvalue weighted by Crippen LogP contribution is 2.41. The number of nitrogens with one attached hydrogen (secondary N) is 2. The predicted molar refractivity (Wildman–Crippen MR) is 102 cm³/mol. The van der Waals surface area contributed by atoms with Crippen LogP contribution in [-0.2, 0) is 14.6 Å². The standard InChI is InChI=1S/C18H26ClN3O3S/c19-15-3-5-16(6-4-15)26(24,25)18(7-1-2-8-18)17(23)21-11-14-22-12-9-20-10-13-22/h3-6,20H,1-2,7-14H2,(H,21,23). The number of halogens is 1. The molecule has 0 aromatic heterocycles. The van der Waals surface area contributed by atoms with Gasteiger partial charge in [-0.25, -0.2) is 8.42 Å². The van der Waals surface area contributed by atoms with Gasteiger partial charge in [-0.05, 0) is 37.1 Å². The number of hydrogen-bond acceptors (Lipinski definition) is 5. The number of nitrogens with zero attached hydrogens (tertiary/aromatic N) is 1. The summed E-state index contributed by atoms with van der Waals surface area (Å²) in [7, 11) is -3.77. The summed E-state index contributed by atoms with van der Waals surface area (Å²) in [6, 6.07) is 6.09. The van der Waals surface area contributed by atoms with Crippen molar-refractivity contribution in [1.82, 2.24) is 15.5 Å². The highest BCUT2D eigenvalue weighted by molar-refractivity contribution is 7.93. The third-order valence-corrected chi connectivity index (χ3v) is 8.15. The molecule has 0 spiro atoms. The molecule has 1 aromatic rings. The molecular weight excluding hydrogens is 374 g/mol. The SMILES string of the molecule is O=C(NCCN1CCNCC1)C1(S(=O)(=O)c2ccc(Cl)cc2)CCCC1. The van der Waals surface area contributed by atoms with Crippen LogP contribution in [0, 0.1) is 0 Å². The second kappa shape index (κ2) is 8.25. The van der Waals surface area contributed by atoms with E-state index >= 15 is 0 Å². The number of hydrogen-bond donors (Lipinski definition) is 2. The molecule has 0 unspecified atom stereocenters. The van der Waals surface area contributed by atoms with Gasteiger partial charge in [-0.1, -0.05) is 24.4 Å². The molecule has 2 N–H and O–H groups in total. The lowest BCUT2D eigenvalue weighted by Crippen LogP contribution is -2.52. The van der Waals surface area contributed by atoms with Crippen LogP contribution < -0.4 is 10.6 Å². The predicted octanol–water partition coefficient (Wildman–Crippen LogP) is 1.45. The molecule has 0 bridgehead atoms. The molecule has 0 atom stereocenters. The number of piperazine rings is 1. The summed E-state index contributed by atoms with van der Waals surface area (Å²) in [5.41, 5.74) is 0. The minimum Gasteiger partial charge on any atom is -0.353 e. The molecule has 1 aliphatic heterocycles. The van der Waals surface area contributed by atoms with Crippen LogP contribution >= 0.6 is 11.6 Å². The van der Waals surface area contributed by atoms with Crippen molar-refractivity contribution in [1.29, 1.82) is 0 Å². The van der Waals surface area contributed by atoms with Crippen molar-refractivity contribution in [3.05, 3.63) is 29.3 Å². The van der Waals surface area contributed by atoms with Crippen LogP contribution in [-0.4, -0.2) is 63.2 Å². The lowest BCUT2D eigenvalue weighted by Gasteiger charge is -2.30. The van der Waals surface area contributed by atoms with Crippen LogP contribution in [0.3, 0.4) is 0 Å². The zero-order valence-corrected chi connectivity index (χ0v) is 16.4. The topological polar surface area (TPSA) is 78.5 Å². The van der Waals surface area contributed by atoms with Crippen LogP contribution in [0.1, 0.15) is 25.7 Å². The van der Waals surface area contributed by atoms with E-state index in [0.29, 0.717) is 24.4 Å². The van der Waals surface area contributed by atoms with E-state index in [4.69, 9.17) is 11.6 Å². The maximum Gasteiger partial charge on any atom is 0.241 e. The van der Waals surface area contributed by atoms with Crippen LogP contribution in [0.4, 0.5) is 0 Å². The van der Waals surface area contributed by atoms with Crippen LogP contribution in [0.15, 0.2) is 29.2 Å². The van der Waals surface area contributed by atoms with Gasteiger partial charge in [-0.15, -0.1) is 0 Å². The summed E-state index contributed by atoms with van der Waals surface area (Å²) < 4.78 is 25.1. The van der Waals surface area contributed by atoms with Gasteiger partial charge in [-0.3, -0.25) is 9.69 Å². The van der Waals surface area contributed by atoms with E-state index in [2.05, 4.69) is 15.5 Å².